The van der Waals surface area contributed by atoms with Crippen LogP contribution >= 0.6 is 11.3 Å². The van der Waals surface area contributed by atoms with Gasteiger partial charge in [-0.3, -0.25) is 14.5 Å². The van der Waals surface area contributed by atoms with Gasteiger partial charge in [-0.25, -0.2) is 0 Å². The monoisotopic (exact) mass is 424 g/mol. The lowest BCUT2D eigenvalue weighted by Gasteiger charge is -2.35. The first-order valence-corrected chi connectivity index (χ1v) is 11.2. The zero-order chi connectivity index (χ0) is 21.1. The van der Waals surface area contributed by atoms with Crippen LogP contribution in [0.25, 0.3) is 10.1 Å². The highest BCUT2D eigenvalue weighted by Crippen LogP contribution is 2.25. The number of piperidine rings is 1. The molecule has 7 heteroatoms. The van der Waals surface area contributed by atoms with Crippen LogP contribution < -0.4 is 10.9 Å². The van der Waals surface area contributed by atoms with Gasteiger partial charge in [-0.15, -0.1) is 11.3 Å². The van der Waals surface area contributed by atoms with Gasteiger partial charge in [0.1, 0.15) is 5.56 Å². The number of amides is 1. The molecule has 6 nitrogen and oxygen atoms in total. The Bertz CT molecular complexity index is 1050. The van der Waals surface area contributed by atoms with Crippen LogP contribution in [-0.2, 0) is 13.1 Å². The predicted molar refractivity (Wildman–Crippen MR) is 122 cm³/mol. The highest BCUT2D eigenvalue weighted by Gasteiger charge is 2.21. The highest BCUT2D eigenvalue weighted by molar-refractivity contribution is 7.19. The van der Waals surface area contributed by atoms with Crippen molar-refractivity contribution >= 4 is 27.3 Å². The van der Waals surface area contributed by atoms with Crippen molar-refractivity contribution in [2.45, 2.75) is 32.0 Å². The lowest BCUT2D eigenvalue weighted by atomic mass is 10.0. The van der Waals surface area contributed by atoms with E-state index in [-0.39, 0.29) is 17.0 Å². The minimum absolute atomic E-state index is 0.154. The van der Waals surface area contributed by atoms with E-state index in [1.54, 1.807) is 17.4 Å². The number of nitrogens with zero attached hydrogens (tertiary/aromatic N) is 2. The fraction of sp³-hybridized carbons (Fsp3) is 0.391. The number of carbonyl (C=O) groups is 1. The number of hydrogen-bond donors (Lipinski definition) is 2. The maximum Gasteiger partial charge on any atom is 0.261 e. The second-order valence-electron chi connectivity index (χ2n) is 8.11. The molecule has 1 aliphatic heterocycles. The Morgan fingerprint density at radius 1 is 1.23 bits per heavy atom. The minimum Gasteiger partial charge on any atom is -0.347 e. The van der Waals surface area contributed by atoms with Gasteiger partial charge in [-0.05, 0) is 69.7 Å². The number of nitrogens with one attached hydrogen (secondary N) is 2. The molecular weight excluding hydrogens is 396 g/mol. The lowest BCUT2D eigenvalue weighted by molar-refractivity contribution is 0.0949. The largest absolute Gasteiger partial charge is 0.347 e. The van der Waals surface area contributed by atoms with Gasteiger partial charge in [0, 0.05) is 27.9 Å². The Morgan fingerprint density at radius 2 is 2.00 bits per heavy atom. The number of thiophene rings is 1. The number of likely N-dealkylation sites (tertiary alicyclic amines) is 1. The van der Waals surface area contributed by atoms with E-state index in [4.69, 9.17) is 0 Å². The molecule has 30 heavy (non-hydrogen) atoms. The van der Waals surface area contributed by atoms with E-state index in [9.17, 15) is 9.59 Å². The smallest absolute Gasteiger partial charge is 0.261 e. The van der Waals surface area contributed by atoms with Gasteiger partial charge in [0.2, 0.25) is 0 Å². The first-order valence-electron chi connectivity index (χ1n) is 10.4. The van der Waals surface area contributed by atoms with Crippen molar-refractivity contribution in [1.82, 2.24) is 20.1 Å². The second-order valence-corrected chi connectivity index (χ2v) is 9.28. The van der Waals surface area contributed by atoms with Crippen LogP contribution in [0.4, 0.5) is 0 Å². The van der Waals surface area contributed by atoms with Crippen molar-refractivity contribution in [3.05, 3.63) is 69.0 Å². The molecule has 1 saturated heterocycles. The molecule has 4 rings (SSSR count). The molecule has 0 radical (unpaired) electrons. The summed E-state index contributed by atoms with van der Waals surface area (Å²) in [7, 11) is 4.25. The summed E-state index contributed by atoms with van der Waals surface area (Å²) in [4.78, 5) is 33.6. The zero-order valence-electron chi connectivity index (χ0n) is 17.5. The molecule has 1 aromatic carbocycles. The van der Waals surface area contributed by atoms with Crippen molar-refractivity contribution in [2.75, 3.05) is 27.2 Å². The number of H-pyrrole nitrogens is 1. The third-order valence-electron chi connectivity index (χ3n) is 5.85. The quantitative estimate of drug-likeness (QED) is 0.638. The van der Waals surface area contributed by atoms with Crippen LogP contribution in [-0.4, -0.2) is 53.9 Å². The second kappa shape index (κ2) is 9.12. The number of hydrogen-bond acceptors (Lipinski definition) is 5. The molecule has 2 aromatic heterocycles. The van der Waals surface area contributed by atoms with Crippen molar-refractivity contribution in [2.24, 2.45) is 0 Å². The topological polar surface area (TPSA) is 68.4 Å². The first-order chi connectivity index (χ1) is 14.5. The molecule has 3 aromatic rings. The molecule has 0 saturated carbocycles. The standard InChI is InChI=1S/C23H28N4O2S/c1-26-11-9-18(10-12-26)27(2)15-17-7-8-20(23(29)25-17)22(28)24-14-19-13-16-5-3-4-6-21(16)30-19/h3-8,13,18H,9-12,14-15H2,1-2H3,(H,24,28)(H,25,29). The molecule has 1 amide bonds. The van der Waals surface area contributed by atoms with Crippen molar-refractivity contribution < 1.29 is 4.79 Å². The summed E-state index contributed by atoms with van der Waals surface area (Å²) in [6.07, 6.45) is 2.27. The Morgan fingerprint density at radius 3 is 2.73 bits per heavy atom. The predicted octanol–water partition coefficient (Wildman–Crippen LogP) is 3.05. The van der Waals surface area contributed by atoms with E-state index in [2.05, 4.69) is 52.4 Å². The maximum absolute atomic E-state index is 12.5. The summed E-state index contributed by atoms with van der Waals surface area (Å²) < 4.78 is 1.19. The van der Waals surface area contributed by atoms with E-state index < -0.39 is 0 Å². The average molecular weight is 425 g/mol. The van der Waals surface area contributed by atoms with E-state index in [1.165, 1.54) is 10.1 Å². The van der Waals surface area contributed by atoms with Crippen molar-refractivity contribution in [3.63, 3.8) is 0 Å². The molecule has 1 fully saturated rings. The van der Waals surface area contributed by atoms with Crippen LogP contribution in [0.2, 0.25) is 0 Å². The summed E-state index contributed by atoms with van der Waals surface area (Å²) >= 11 is 1.65. The molecule has 0 unspecified atom stereocenters. The number of benzene rings is 1. The highest BCUT2D eigenvalue weighted by atomic mass is 32.1. The number of carbonyl (C=O) groups excluding carboxylic acids is 1. The summed E-state index contributed by atoms with van der Waals surface area (Å²) in [6.45, 7) is 3.29. The van der Waals surface area contributed by atoms with Crippen LogP contribution in [0, 0.1) is 0 Å². The van der Waals surface area contributed by atoms with Crippen LogP contribution in [0.3, 0.4) is 0 Å². The zero-order valence-corrected chi connectivity index (χ0v) is 18.3. The van der Waals surface area contributed by atoms with Gasteiger partial charge in [-0.2, -0.15) is 0 Å². The number of fused-ring (bicyclic) bond motifs is 1. The normalized spacial score (nSPS) is 15.7. The third kappa shape index (κ3) is 4.80. The van der Waals surface area contributed by atoms with Gasteiger partial charge >= 0.3 is 0 Å². The molecule has 0 spiro atoms. The molecule has 3 heterocycles. The van der Waals surface area contributed by atoms with E-state index in [0.717, 1.165) is 36.5 Å². The molecule has 2 N–H and O–H groups in total. The Hall–Kier alpha value is -2.48. The molecule has 158 valence electrons. The molecule has 0 atom stereocenters. The van der Waals surface area contributed by atoms with E-state index in [0.29, 0.717) is 19.1 Å². The molecule has 1 aliphatic rings. The van der Waals surface area contributed by atoms with Gasteiger partial charge < -0.3 is 15.2 Å². The third-order valence-corrected chi connectivity index (χ3v) is 6.96. The SMILES string of the molecule is CN1CCC(N(C)Cc2ccc(C(=O)NCc3cc4ccccc4s3)c(=O)[nH]2)CC1. The average Bonchev–Trinajstić information content (AvgIpc) is 3.15. The Balaban J connectivity index is 1.36. The minimum atomic E-state index is -0.344. The fourth-order valence-corrected chi connectivity index (χ4v) is 5.01. The Kier molecular flexibility index (Phi) is 6.32. The fourth-order valence-electron chi connectivity index (χ4n) is 4.01. The number of aromatic nitrogens is 1. The summed E-state index contributed by atoms with van der Waals surface area (Å²) in [5.41, 5.74) is 0.655. The number of rotatable bonds is 6. The Labute approximate surface area is 180 Å². The van der Waals surface area contributed by atoms with Gasteiger partial charge in [0.15, 0.2) is 0 Å². The number of pyridine rings is 1. The van der Waals surface area contributed by atoms with Gasteiger partial charge in [0.05, 0.1) is 6.54 Å². The molecule has 0 aliphatic carbocycles. The summed E-state index contributed by atoms with van der Waals surface area (Å²) in [6, 6.07) is 14.2. The van der Waals surface area contributed by atoms with Gasteiger partial charge in [-0.1, -0.05) is 18.2 Å². The summed E-state index contributed by atoms with van der Waals surface area (Å²) in [5.74, 6) is -0.344. The van der Waals surface area contributed by atoms with Crippen molar-refractivity contribution in [3.8, 4) is 0 Å². The lowest BCUT2D eigenvalue weighted by Crippen LogP contribution is -2.41. The summed E-state index contributed by atoms with van der Waals surface area (Å²) in [5, 5.41) is 4.04. The van der Waals surface area contributed by atoms with Crippen LogP contribution in [0.15, 0.2) is 47.3 Å². The number of aromatic amines is 1. The van der Waals surface area contributed by atoms with E-state index in [1.807, 2.05) is 18.2 Å². The van der Waals surface area contributed by atoms with Crippen molar-refractivity contribution in [1.29, 1.82) is 0 Å². The van der Waals surface area contributed by atoms with Crippen LogP contribution in [0.5, 0.6) is 0 Å². The molecular formula is C23H28N4O2S. The van der Waals surface area contributed by atoms with Gasteiger partial charge in [0.25, 0.3) is 11.5 Å². The maximum atomic E-state index is 12.5. The van der Waals surface area contributed by atoms with E-state index >= 15 is 0 Å². The molecule has 0 bridgehead atoms. The van der Waals surface area contributed by atoms with Crippen LogP contribution in [0.1, 0.15) is 33.8 Å². The first kappa shape index (κ1) is 20.8.